The smallest absolute Gasteiger partial charge is 0.257 e. The Hall–Kier alpha value is -1.55. The lowest BCUT2D eigenvalue weighted by molar-refractivity contribution is -0.123. The summed E-state index contributed by atoms with van der Waals surface area (Å²) in [5.41, 5.74) is 2.28. The Morgan fingerprint density at radius 2 is 2.05 bits per heavy atom. The second-order valence-electron chi connectivity index (χ2n) is 5.29. The van der Waals surface area contributed by atoms with Crippen LogP contribution in [0.2, 0.25) is 0 Å². The molecule has 0 heterocycles. The molecule has 0 aliphatic carbocycles. The van der Waals surface area contributed by atoms with Gasteiger partial charge in [0.25, 0.3) is 5.91 Å². The molecular weight excluding hydrogens is 252 g/mol. The van der Waals surface area contributed by atoms with Crippen molar-refractivity contribution in [1.82, 2.24) is 10.6 Å². The molecule has 0 saturated heterocycles. The van der Waals surface area contributed by atoms with Gasteiger partial charge in [0.1, 0.15) is 5.75 Å². The van der Waals surface area contributed by atoms with Gasteiger partial charge in [-0.25, -0.2) is 0 Å². The molecule has 0 aliphatic heterocycles. The first-order valence-electron chi connectivity index (χ1n) is 7.19. The van der Waals surface area contributed by atoms with Gasteiger partial charge in [-0.1, -0.05) is 26.0 Å². The van der Waals surface area contributed by atoms with E-state index in [0.717, 1.165) is 29.8 Å². The van der Waals surface area contributed by atoms with Gasteiger partial charge in [-0.05, 0) is 50.0 Å². The van der Waals surface area contributed by atoms with E-state index in [1.807, 2.05) is 20.0 Å². The van der Waals surface area contributed by atoms with E-state index >= 15 is 0 Å². The van der Waals surface area contributed by atoms with E-state index < -0.39 is 0 Å². The van der Waals surface area contributed by atoms with E-state index in [4.69, 9.17) is 4.74 Å². The highest BCUT2D eigenvalue weighted by atomic mass is 16.5. The topological polar surface area (TPSA) is 50.4 Å². The maximum Gasteiger partial charge on any atom is 0.257 e. The number of carbonyl (C=O) groups excluding carboxylic acids is 1. The van der Waals surface area contributed by atoms with E-state index in [0.29, 0.717) is 12.5 Å². The van der Waals surface area contributed by atoms with Crippen molar-refractivity contribution in [3.63, 3.8) is 0 Å². The molecule has 0 saturated carbocycles. The minimum absolute atomic E-state index is 0.0719. The average molecular weight is 278 g/mol. The quantitative estimate of drug-likeness (QED) is 0.717. The van der Waals surface area contributed by atoms with Gasteiger partial charge in [-0.3, -0.25) is 4.79 Å². The van der Waals surface area contributed by atoms with Crippen LogP contribution in [0.25, 0.3) is 0 Å². The molecule has 0 bridgehead atoms. The molecule has 0 spiro atoms. The van der Waals surface area contributed by atoms with Crippen molar-refractivity contribution in [3.8, 4) is 5.75 Å². The predicted octanol–water partition coefficient (Wildman–Crippen LogP) is 2.22. The number of carbonyl (C=O) groups is 1. The third-order valence-corrected chi connectivity index (χ3v) is 3.08. The fourth-order valence-electron chi connectivity index (χ4n) is 1.93. The minimum Gasteiger partial charge on any atom is -0.483 e. The zero-order valence-electron chi connectivity index (χ0n) is 13.0. The molecule has 0 aromatic heterocycles. The molecule has 1 aromatic carbocycles. The lowest BCUT2D eigenvalue weighted by atomic mass is 10.0. The number of benzene rings is 1. The normalized spacial score (nSPS) is 10.7. The van der Waals surface area contributed by atoms with Gasteiger partial charge in [-0.2, -0.15) is 0 Å². The van der Waals surface area contributed by atoms with Crippen molar-refractivity contribution in [2.75, 3.05) is 26.7 Å². The number of rotatable bonds is 8. The van der Waals surface area contributed by atoms with Gasteiger partial charge in [-0.15, -0.1) is 0 Å². The Kier molecular flexibility index (Phi) is 7.09. The van der Waals surface area contributed by atoms with Crippen molar-refractivity contribution < 1.29 is 9.53 Å². The molecule has 4 heteroatoms. The summed E-state index contributed by atoms with van der Waals surface area (Å²) in [4.78, 5) is 11.7. The van der Waals surface area contributed by atoms with Crippen LogP contribution in [0.3, 0.4) is 0 Å². The summed E-state index contributed by atoms with van der Waals surface area (Å²) in [5, 5.41) is 5.89. The maximum atomic E-state index is 11.7. The number of hydrogen-bond donors (Lipinski definition) is 2. The summed E-state index contributed by atoms with van der Waals surface area (Å²) in [6, 6.07) is 6.13. The SMILES string of the molecule is CNCCCNC(=O)COc1cc(C)ccc1C(C)C. The van der Waals surface area contributed by atoms with Crippen molar-refractivity contribution in [2.24, 2.45) is 0 Å². The number of ether oxygens (including phenoxy) is 1. The molecule has 0 unspecified atom stereocenters. The lowest BCUT2D eigenvalue weighted by Crippen LogP contribution is -2.31. The van der Waals surface area contributed by atoms with Crippen LogP contribution >= 0.6 is 0 Å². The zero-order chi connectivity index (χ0) is 15.0. The van der Waals surface area contributed by atoms with Crippen molar-refractivity contribution >= 4 is 5.91 Å². The molecule has 0 fully saturated rings. The molecule has 1 aromatic rings. The summed E-state index contributed by atoms with van der Waals surface area (Å²) >= 11 is 0. The first-order chi connectivity index (χ1) is 9.54. The number of nitrogens with one attached hydrogen (secondary N) is 2. The van der Waals surface area contributed by atoms with Gasteiger partial charge >= 0.3 is 0 Å². The van der Waals surface area contributed by atoms with Gasteiger partial charge in [0.15, 0.2) is 6.61 Å². The van der Waals surface area contributed by atoms with E-state index in [-0.39, 0.29) is 12.5 Å². The molecule has 2 N–H and O–H groups in total. The lowest BCUT2D eigenvalue weighted by Gasteiger charge is -2.14. The van der Waals surface area contributed by atoms with E-state index in [9.17, 15) is 4.79 Å². The van der Waals surface area contributed by atoms with Crippen LogP contribution in [0.5, 0.6) is 5.75 Å². The van der Waals surface area contributed by atoms with Gasteiger partial charge in [0.2, 0.25) is 0 Å². The summed E-state index contributed by atoms with van der Waals surface area (Å²) in [6.45, 7) is 7.91. The Morgan fingerprint density at radius 1 is 1.30 bits per heavy atom. The summed E-state index contributed by atoms with van der Waals surface area (Å²) in [6.07, 6.45) is 0.921. The number of hydrogen-bond acceptors (Lipinski definition) is 3. The Balaban J connectivity index is 2.48. The molecule has 112 valence electrons. The summed E-state index contributed by atoms with van der Waals surface area (Å²) in [5.74, 6) is 1.12. The van der Waals surface area contributed by atoms with E-state index in [1.54, 1.807) is 0 Å². The molecule has 0 aliphatic rings. The molecule has 1 amide bonds. The first-order valence-corrected chi connectivity index (χ1v) is 7.19. The zero-order valence-corrected chi connectivity index (χ0v) is 13.0. The Bertz CT molecular complexity index is 430. The summed E-state index contributed by atoms with van der Waals surface area (Å²) < 4.78 is 5.67. The molecule has 4 nitrogen and oxygen atoms in total. The van der Waals surface area contributed by atoms with Crippen LogP contribution < -0.4 is 15.4 Å². The van der Waals surface area contributed by atoms with Gasteiger partial charge in [0, 0.05) is 6.54 Å². The maximum absolute atomic E-state index is 11.7. The monoisotopic (exact) mass is 278 g/mol. The third kappa shape index (κ3) is 5.61. The third-order valence-electron chi connectivity index (χ3n) is 3.08. The second-order valence-corrected chi connectivity index (χ2v) is 5.29. The van der Waals surface area contributed by atoms with Crippen LogP contribution in [0.4, 0.5) is 0 Å². The molecule has 1 rings (SSSR count). The number of aryl methyl sites for hydroxylation is 1. The largest absolute Gasteiger partial charge is 0.483 e. The van der Waals surface area contributed by atoms with Crippen LogP contribution in [0.15, 0.2) is 18.2 Å². The second kappa shape index (κ2) is 8.59. The number of amides is 1. The molecule has 20 heavy (non-hydrogen) atoms. The van der Waals surface area contributed by atoms with Crippen LogP contribution in [-0.4, -0.2) is 32.7 Å². The van der Waals surface area contributed by atoms with Crippen LogP contribution in [0, 0.1) is 6.92 Å². The van der Waals surface area contributed by atoms with E-state index in [2.05, 4.69) is 36.6 Å². The highest BCUT2D eigenvalue weighted by molar-refractivity contribution is 5.77. The van der Waals surface area contributed by atoms with Crippen molar-refractivity contribution in [1.29, 1.82) is 0 Å². The fourth-order valence-corrected chi connectivity index (χ4v) is 1.93. The molecule has 0 atom stereocenters. The predicted molar refractivity (Wildman–Crippen MR) is 82.3 cm³/mol. The Morgan fingerprint density at radius 3 is 2.70 bits per heavy atom. The van der Waals surface area contributed by atoms with E-state index in [1.165, 1.54) is 0 Å². The van der Waals surface area contributed by atoms with Crippen LogP contribution in [0.1, 0.15) is 37.3 Å². The highest BCUT2D eigenvalue weighted by Gasteiger charge is 2.09. The van der Waals surface area contributed by atoms with Gasteiger partial charge in [0.05, 0.1) is 0 Å². The standard InChI is InChI=1S/C16H26N2O2/c1-12(2)14-7-6-13(3)10-15(14)20-11-16(19)18-9-5-8-17-4/h6-7,10,12,17H,5,8-9,11H2,1-4H3,(H,18,19). The first kappa shape index (κ1) is 16.5. The minimum atomic E-state index is -0.0719. The van der Waals surface area contributed by atoms with Crippen molar-refractivity contribution in [2.45, 2.75) is 33.1 Å². The highest BCUT2D eigenvalue weighted by Crippen LogP contribution is 2.27. The molecular formula is C16H26N2O2. The average Bonchev–Trinajstić information content (AvgIpc) is 2.41. The van der Waals surface area contributed by atoms with Gasteiger partial charge < -0.3 is 15.4 Å². The fraction of sp³-hybridized carbons (Fsp3) is 0.562. The summed E-state index contributed by atoms with van der Waals surface area (Å²) in [7, 11) is 1.90. The molecule has 0 radical (unpaired) electrons. The van der Waals surface area contributed by atoms with Crippen LogP contribution in [-0.2, 0) is 4.79 Å². The Labute approximate surface area is 121 Å². The van der Waals surface area contributed by atoms with Crippen molar-refractivity contribution in [3.05, 3.63) is 29.3 Å².